The summed E-state index contributed by atoms with van der Waals surface area (Å²) in [6.07, 6.45) is 0. The van der Waals surface area contributed by atoms with Crippen LogP contribution >= 0.6 is 0 Å². The Morgan fingerprint density at radius 3 is 2.89 bits per heavy atom. The Kier molecular flexibility index (Phi) is 3.65. The minimum Gasteiger partial charge on any atom is -0.466 e. The first-order valence-electron chi connectivity index (χ1n) is 6.22. The number of esters is 1. The Balaban J connectivity index is 2.26. The Labute approximate surface area is 107 Å². The zero-order chi connectivity index (χ0) is 13.1. The summed E-state index contributed by atoms with van der Waals surface area (Å²) in [7, 11) is 0. The molecule has 0 fully saturated rings. The average Bonchev–Trinajstić information content (AvgIpc) is 2.66. The SMILES string of the molecule is CCOC(=O)C(C)Cn1c(C)nc2ccccc21. The van der Waals surface area contributed by atoms with Gasteiger partial charge < -0.3 is 9.30 Å². The average molecular weight is 246 g/mol. The molecule has 1 aromatic heterocycles. The van der Waals surface area contributed by atoms with Gasteiger partial charge in [-0.2, -0.15) is 0 Å². The molecule has 96 valence electrons. The van der Waals surface area contributed by atoms with E-state index in [9.17, 15) is 4.79 Å². The highest BCUT2D eigenvalue weighted by Gasteiger charge is 2.17. The summed E-state index contributed by atoms with van der Waals surface area (Å²) in [5, 5.41) is 0. The Bertz CT molecular complexity index is 560. The van der Waals surface area contributed by atoms with E-state index >= 15 is 0 Å². The monoisotopic (exact) mass is 246 g/mol. The van der Waals surface area contributed by atoms with E-state index in [0.29, 0.717) is 13.2 Å². The first kappa shape index (κ1) is 12.6. The highest BCUT2D eigenvalue weighted by atomic mass is 16.5. The number of nitrogens with zero attached hydrogens (tertiary/aromatic N) is 2. The van der Waals surface area contributed by atoms with Crippen molar-refractivity contribution in [1.82, 2.24) is 9.55 Å². The van der Waals surface area contributed by atoms with E-state index in [4.69, 9.17) is 4.74 Å². The molecule has 0 saturated heterocycles. The third-order valence-corrected chi connectivity index (χ3v) is 2.99. The fraction of sp³-hybridized carbons (Fsp3) is 0.429. The second kappa shape index (κ2) is 5.21. The van der Waals surface area contributed by atoms with Gasteiger partial charge in [0.05, 0.1) is 23.6 Å². The van der Waals surface area contributed by atoms with Gasteiger partial charge in [0.15, 0.2) is 0 Å². The first-order chi connectivity index (χ1) is 8.63. The molecular formula is C14H18N2O2. The van der Waals surface area contributed by atoms with Gasteiger partial charge in [-0.1, -0.05) is 19.1 Å². The molecule has 2 aromatic rings. The first-order valence-corrected chi connectivity index (χ1v) is 6.22. The van der Waals surface area contributed by atoms with Gasteiger partial charge in [-0.25, -0.2) is 4.98 Å². The van der Waals surface area contributed by atoms with Gasteiger partial charge in [0.2, 0.25) is 0 Å². The van der Waals surface area contributed by atoms with E-state index in [1.165, 1.54) is 0 Å². The quantitative estimate of drug-likeness (QED) is 0.779. The van der Waals surface area contributed by atoms with E-state index < -0.39 is 0 Å². The van der Waals surface area contributed by atoms with Gasteiger partial charge in [0, 0.05) is 6.54 Å². The third kappa shape index (κ3) is 2.37. The molecule has 0 aliphatic carbocycles. The van der Waals surface area contributed by atoms with Gasteiger partial charge in [-0.3, -0.25) is 4.79 Å². The molecule has 1 aromatic carbocycles. The maximum absolute atomic E-state index is 11.7. The van der Waals surface area contributed by atoms with Gasteiger partial charge in [0.25, 0.3) is 0 Å². The molecule has 18 heavy (non-hydrogen) atoms. The molecule has 1 unspecified atom stereocenters. The number of carbonyl (C=O) groups is 1. The van der Waals surface area contributed by atoms with Crippen LogP contribution < -0.4 is 0 Å². The molecule has 4 nitrogen and oxygen atoms in total. The van der Waals surface area contributed by atoms with Crippen molar-refractivity contribution in [2.75, 3.05) is 6.61 Å². The summed E-state index contributed by atoms with van der Waals surface area (Å²) in [6.45, 7) is 6.69. The van der Waals surface area contributed by atoms with Crippen LogP contribution in [-0.2, 0) is 16.1 Å². The lowest BCUT2D eigenvalue weighted by Gasteiger charge is -2.13. The van der Waals surface area contributed by atoms with Crippen molar-refractivity contribution in [2.45, 2.75) is 27.3 Å². The largest absolute Gasteiger partial charge is 0.466 e. The fourth-order valence-electron chi connectivity index (χ4n) is 2.06. The lowest BCUT2D eigenvalue weighted by molar-refractivity contribution is -0.147. The Morgan fingerprint density at radius 2 is 2.17 bits per heavy atom. The minimum absolute atomic E-state index is 0.158. The normalized spacial score (nSPS) is 12.6. The van der Waals surface area contributed by atoms with Gasteiger partial charge in [-0.15, -0.1) is 0 Å². The number of fused-ring (bicyclic) bond motifs is 1. The third-order valence-electron chi connectivity index (χ3n) is 2.99. The van der Waals surface area contributed by atoms with Gasteiger partial charge in [0.1, 0.15) is 5.82 Å². The van der Waals surface area contributed by atoms with Crippen molar-refractivity contribution in [3.05, 3.63) is 30.1 Å². The summed E-state index contributed by atoms with van der Waals surface area (Å²) >= 11 is 0. The van der Waals surface area contributed by atoms with Crippen LogP contribution in [0.3, 0.4) is 0 Å². The van der Waals surface area contributed by atoms with Crippen molar-refractivity contribution in [3.63, 3.8) is 0 Å². The van der Waals surface area contributed by atoms with Crippen molar-refractivity contribution in [2.24, 2.45) is 5.92 Å². The second-order valence-electron chi connectivity index (χ2n) is 4.41. The summed E-state index contributed by atoms with van der Waals surface area (Å²) in [6, 6.07) is 7.95. The molecule has 4 heteroatoms. The summed E-state index contributed by atoms with van der Waals surface area (Å²) in [5.74, 6) is 0.600. The maximum atomic E-state index is 11.7. The van der Waals surface area contributed by atoms with Crippen LogP contribution in [0.5, 0.6) is 0 Å². The summed E-state index contributed by atoms with van der Waals surface area (Å²) in [5.41, 5.74) is 2.03. The van der Waals surface area contributed by atoms with Crippen LogP contribution in [0.4, 0.5) is 0 Å². The van der Waals surface area contributed by atoms with Crippen LogP contribution in [0.2, 0.25) is 0 Å². The Morgan fingerprint density at radius 1 is 1.44 bits per heavy atom. The van der Waals surface area contributed by atoms with Crippen molar-refractivity contribution < 1.29 is 9.53 Å². The summed E-state index contributed by atoms with van der Waals surface area (Å²) < 4.78 is 7.10. The van der Waals surface area contributed by atoms with Crippen molar-refractivity contribution in [3.8, 4) is 0 Å². The number of para-hydroxylation sites is 2. The van der Waals surface area contributed by atoms with Gasteiger partial charge >= 0.3 is 5.97 Å². The van der Waals surface area contributed by atoms with Gasteiger partial charge in [-0.05, 0) is 26.0 Å². The standard InChI is InChI=1S/C14H18N2O2/c1-4-18-14(17)10(2)9-16-11(3)15-12-7-5-6-8-13(12)16/h5-8,10H,4,9H2,1-3H3. The predicted octanol–water partition coefficient (Wildman–Crippen LogP) is 2.54. The van der Waals surface area contributed by atoms with E-state index in [2.05, 4.69) is 9.55 Å². The molecule has 2 rings (SSSR count). The predicted molar refractivity (Wildman–Crippen MR) is 70.3 cm³/mol. The minimum atomic E-state index is -0.166. The van der Waals surface area contributed by atoms with E-state index in [0.717, 1.165) is 16.9 Å². The number of carbonyl (C=O) groups excluding carboxylic acids is 1. The molecule has 0 radical (unpaired) electrons. The topological polar surface area (TPSA) is 44.1 Å². The van der Waals surface area contributed by atoms with Crippen LogP contribution in [0.25, 0.3) is 11.0 Å². The molecule has 0 N–H and O–H groups in total. The fourth-order valence-corrected chi connectivity index (χ4v) is 2.06. The molecular weight excluding hydrogens is 228 g/mol. The zero-order valence-corrected chi connectivity index (χ0v) is 11.0. The number of ether oxygens (including phenoxy) is 1. The molecule has 1 atom stereocenters. The van der Waals surface area contributed by atoms with E-state index in [1.54, 1.807) is 0 Å². The zero-order valence-electron chi connectivity index (χ0n) is 11.0. The van der Waals surface area contributed by atoms with Crippen molar-refractivity contribution >= 4 is 17.0 Å². The molecule has 0 aliphatic heterocycles. The van der Waals surface area contributed by atoms with E-state index in [1.807, 2.05) is 45.0 Å². The number of benzene rings is 1. The molecule has 1 heterocycles. The highest BCUT2D eigenvalue weighted by molar-refractivity contribution is 5.76. The lowest BCUT2D eigenvalue weighted by atomic mass is 10.2. The highest BCUT2D eigenvalue weighted by Crippen LogP contribution is 2.17. The Hall–Kier alpha value is -1.84. The smallest absolute Gasteiger partial charge is 0.310 e. The molecule has 0 aliphatic rings. The molecule has 0 amide bonds. The molecule has 0 bridgehead atoms. The second-order valence-corrected chi connectivity index (χ2v) is 4.41. The summed E-state index contributed by atoms with van der Waals surface area (Å²) in [4.78, 5) is 16.1. The maximum Gasteiger partial charge on any atom is 0.310 e. The number of rotatable bonds is 4. The van der Waals surface area contributed by atoms with Crippen LogP contribution in [0.1, 0.15) is 19.7 Å². The number of imidazole rings is 1. The molecule has 0 saturated carbocycles. The van der Waals surface area contributed by atoms with Crippen molar-refractivity contribution in [1.29, 1.82) is 0 Å². The van der Waals surface area contributed by atoms with Crippen LogP contribution in [-0.4, -0.2) is 22.1 Å². The van der Waals surface area contributed by atoms with E-state index in [-0.39, 0.29) is 11.9 Å². The van der Waals surface area contributed by atoms with Crippen LogP contribution in [0.15, 0.2) is 24.3 Å². The van der Waals surface area contributed by atoms with Crippen LogP contribution in [0, 0.1) is 12.8 Å². The number of aryl methyl sites for hydroxylation is 1. The lowest BCUT2D eigenvalue weighted by Crippen LogP contribution is -2.20. The molecule has 0 spiro atoms. The number of aromatic nitrogens is 2. The number of hydrogen-bond donors (Lipinski definition) is 0. The number of hydrogen-bond acceptors (Lipinski definition) is 3.